The van der Waals surface area contributed by atoms with Gasteiger partial charge in [0.05, 0.1) is 24.3 Å². The standard InChI is InChI=1S/C13H11N3O/c1-2-8-15-11-6-4-3-5-10(11)12(17)16-9-7-14-13(15)16/h1,3-6H,7-9H2. The summed E-state index contributed by atoms with van der Waals surface area (Å²) in [5, 5.41) is 0. The zero-order valence-electron chi connectivity index (χ0n) is 9.26. The molecule has 84 valence electrons. The molecule has 1 aromatic rings. The Bertz CT molecular complexity index is 556. The van der Waals surface area contributed by atoms with Crippen LogP contribution >= 0.6 is 0 Å². The lowest BCUT2D eigenvalue weighted by atomic mass is 10.1. The second-order valence-corrected chi connectivity index (χ2v) is 3.95. The molecule has 0 N–H and O–H groups in total. The van der Waals surface area contributed by atoms with Gasteiger partial charge >= 0.3 is 0 Å². The number of para-hydroxylation sites is 1. The Hall–Kier alpha value is -2.28. The Morgan fingerprint density at radius 1 is 1.41 bits per heavy atom. The number of fused-ring (bicyclic) bond motifs is 2. The van der Waals surface area contributed by atoms with Crippen LogP contribution in [0.25, 0.3) is 0 Å². The summed E-state index contributed by atoms with van der Waals surface area (Å²) in [5.74, 6) is 3.32. The van der Waals surface area contributed by atoms with Crippen molar-refractivity contribution in [3.63, 3.8) is 0 Å². The number of hydrogen-bond donors (Lipinski definition) is 0. The van der Waals surface area contributed by atoms with Crippen LogP contribution in [-0.4, -0.2) is 36.4 Å². The molecule has 4 heteroatoms. The summed E-state index contributed by atoms with van der Waals surface area (Å²) in [5.41, 5.74) is 1.55. The van der Waals surface area contributed by atoms with Crippen molar-refractivity contribution in [1.82, 2.24) is 4.90 Å². The van der Waals surface area contributed by atoms with Crippen molar-refractivity contribution in [3.05, 3.63) is 29.8 Å². The smallest absolute Gasteiger partial charge is 0.262 e. The van der Waals surface area contributed by atoms with Crippen LogP contribution < -0.4 is 4.90 Å². The molecule has 0 radical (unpaired) electrons. The third-order valence-electron chi connectivity index (χ3n) is 2.98. The predicted octanol–water partition coefficient (Wildman–Crippen LogP) is 0.952. The second-order valence-electron chi connectivity index (χ2n) is 3.95. The number of carbonyl (C=O) groups excluding carboxylic acids is 1. The third kappa shape index (κ3) is 1.32. The largest absolute Gasteiger partial charge is 0.300 e. The minimum Gasteiger partial charge on any atom is -0.300 e. The number of amides is 1. The Morgan fingerprint density at radius 3 is 3.06 bits per heavy atom. The van der Waals surface area contributed by atoms with Crippen molar-refractivity contribution in [2.24, 2.45) is 4.99 Å². The van der Waals surface area contributed by atoms with E-state index in [4.69, 9.17) is 6.42 Å². The fourth-order valence-electron chi connectivity index (χ4n) is 2.25. The Morgan fingerprint density at radius 2 is 2.24 bits per heavy atom. The zero-order chi connectivity index (χ0) is 11.8. The number of benzene rings is 1. The molecule has 17 heavy (non-hydrogen) atoms. The number of anilines is 1. The molecule has 0 unspecified atom stereocenters. The fraction of sp³-hybridized carbons (Fsp3) is 0.231. The van der Waals surface area contributed by atoms with Crippen LogP contribution in [0.3, 0.4) is 0 Å². The maximum absolute atomic E-state index is 12.2. The van der Waals surface area contributed by atoms with E-state index < -0.39 is 0 Å². The Balaban J connectivity index is 2.17. The zero-order valence-corrected chi connectivity index (χ0v) is 9.26. The van der Waals surface area contributed by atoms with Crippen molar-refractivity contribution in [3.8, 4) is 12.3 Å². The van der Waals surface area contributed by atoms with Gasteiger partial charge in [0.15, 0.2) is 0 Å². The summed E-state index contributed by atoms with van der Waals surface area (Å²) in [6.45, 7) is 1.72. The number of rotatable bonds is 1. The highest BCUT2D eigenvalue weighted by molar-refractivity contribution is 6.19. The number of carbonyl (C=O) groups is 1. The van der Waals surface area contributed by atoms with Gasteiger partial charge in [-0.05, 0) is 12.1 Å². The number of aliphatic imine (C=N–C) groups is 1. The Labute approximate surface area is 99.6 Å². The predicted molar refractivity (Wildman–Crippen MR) is 66.0 cm³/mol. The maximum atomic E-state index is 12.2. The molecule has 2 heterocycles. The average Bonchev–Trinajstić information content (AvgIpc) is 2.84. The first-order valence-corrected chi connectivity index (χ1v) is 5.49. The van der Waals surface area contributed by atoms with Gasteiger partial charge < -0.3 is 0 Å². The van der Waals surface area contributed by atoms with E-state index in [2.05, 4.69) is 10.9 Å². The summed E-state index contributed by atoms with van der Waals surface area (Å²) in [6.07, 6.45) is 5.38. The van der Waals surface area contributed by atoms with E-state index in [0.29, 0.717) is 31.2 Å². The van der Waals surface area contributed by atoms with Crippen LogP contribution in [0.1, 0.15) is 10.4 Å². The first-order valence-electron chi connectivity index (χ1n) is 5.49. The molecule has 4 nitrogen and oxygen atoms in total. The van der Waals surface area contributed by atoms with Gasteiger partial charge in [-0.3, -0.25) is 19.6 Å². The van der Waals surface area contributed by atoms with Gasteiger partial charge in [0.2, 0.25) is 5.96 Å². The summed E-state index contributed by atoms with van der Waals surface area (Å²) in [6, 6.07) is 7.50. The third-order valence-corrected chi connectivity index (χ3v) is 2.98. The lowest BCUT2D eigenvalue weighted by Crippen LogP contribution is -2.50. The summed E-state index contributed by atoms with van der Waals surface area (Å²) in [7, 11) is 0. The molecule has 1 aromatic carbocycles. The summed E-state index contributed by atoms with van der Waals surface area (Å²) >= 11 is 0. The van der Waals surface area contributed by atoms with Crippen LogP contribution in [0.5, 0.6) is 0 Å². The summed E-state index contributed by atoms with van der Waals surface area (Å²) < 4.78 is 0. The van der Waals surface area contributed by atoms with Crippen molar-refractivity contribution in [1.29, 1.82) is 0 Å². The van der Waals surface area contributed by atoms with Gasteiger partial charge in [-0.1, -0.05) is 18.1 Å². The number of guanidine groups is 1. The SMILES string of the molecule is C#CCN1C2=NCCN2C(=O)c2ccccc21. The highest BCUT2D eigenvalue weighted by Crippen LogP contribution is 2.29. The molecule has 2 aliphatic heterocycles. The summed E-state index contributed by atoms with van der Waals surface area (Å²) in [4.78, 5) is 20.2. The number of nitrogens with zero attached hydrogens (tertiary/aromatic N) is 3. The van der Waals surface area contributed by atoms with Gasteiger partial charge in [0.1, 0.15) is 0 Å². The van der Waals surface area contributed by atoms with Crippen LogP contribution in [0, 0.1) is 12.3 Å². The van der Waals surface area contributed by atoms with E-state index in [1.807, 2.05) is 29.2 Å². The van der Waals surface area contributed by atoms with Gasteiger partial charge in [-0.2, -0.15) is 0 Å². The molecule has 0 atom stereocenters. The van der Waals surface area contributed by atoms with E-state index in [0.717, 1.165) is 5.69 Å². The molecule has 0 spiro atoms. The van der Waals surface area contributed by atoms with E-state index in [9.17, 15) is 4.79 Å². The first-order chi connectivity index (χ1) is 8.33. The molecule has 0 saturated heterocycles. The van der Waals surface area contributed by atoms with Crippen molar-refractivity contribution < 1.29 is 4.79 Å². The minimum absolute atomic E-state index is 0.0186. The molecule has 0 fully saturated rings. The second kappa shape index (κ2) is 3.63. The highest BCUT2D eigenvalue weighted by Gasteiger charge is 2.36. The molecule has 1 amide bonds. The van der Waals surface area contributed by atoms with Gasteiger partial charge in [0.25, 0.3) is 5.91 Å². The van der Waals surface area contributed by atoms with E-state index in [1.165, 1.54) is 0 Å². The lowest BCUT2D eigenvalue weighted by Gasteiger charge is -2.34. The van der Waals surface area contributed by atoms with Crippen LogP contribution in [0.15, 0.2) is 29.3 Å². The Kier molecular flexibility index (Phi) is 2.12. The number of terminal acetylenes is 1. The van der Waals surface area contributed by atoms with Crippen LogP contribution in [0.2, 0.25) is 0 Å². The molecule has 3 rings (SSSR count). The topological polar surface area (TPSA) is 35.9 Å². The normalized spacial score (nSPS) is 17.4. The minimum atomic E-state index is 0.0186. The fourth-order valence-corrected chi connectivity index (χ4v) is 2.25. The monoisotopic (exact) mass is 225 g/mol. The van der Waals surface area contributed by atoms with E-state index in [-0.39, 0.29) is 5.91 Å². The average molecular weight is 225 g/mol. The highest BCUT2D eigenvalue weighted by atomic mass is 16.2. The maximum Gasteiger partial charge on any atom is 0.262 e. The van der Waals surface area contributed by atoms with Crippen molar-refractivity contribution >= 4 is 17.6 Å². The molecular formula is C13H11N3O. The van der Waals surface area contributed by atoms with Gasteiger partial charge in [-0.15, -0.1) is 6.42 Å². The molecule has 2 aliphatic rings. The molecular weight excluding hydrogens is 214 g/mol. The first kappa shape index (κ1) is 9.91. The molecule has 0 bridgehead atoms. The van der Waals surface area contributed by atoms with E-state index >= 15 is 0 Å². The van der Waals surface area contributed by atoms with Crippen molar-refractivity contribution in [2.45, 2.75) is 0 Å². The molecule has 0 aliphatic carbocycles. The number of hydrogen-bond acceptors (Lipinski definition) is 3. The van der Waals surface area contributed by atoms with Crippen LogP contribution in [0.4, 0.5) is 5.69 Å². The van der Waals surface area contributed by atoms with Crippen LogP contribution in [-0.2, 0) is 0 Å². The van der Waals surface area contributed by atoms with Gasteiger partial charge in [-0.25, -0.2) is 0 Å². The van der Waals surface area contributed by atoms with E-state index in [1.54, 1.807) is 4.90 Å². The molecule has 0 saturated carbocycles. The quantitative estimate of drug-likeness (QED) is 0.667. The molecule has 0 aromatic heterocycles. The lowest BCUT2D eigenvalue weighted by molar-refractivity contribution is 0.0852. The van der Waals surface area contributed by atoms with Gasteiger partial charge in [0, 0.05) is 6.54 Å². The van der Waals surface area contributed by atoms with Crippen molar-refractivity contribution in [2.75, 3.05) is 24.5 Å².